The third-order valence-corrected chi connectivity index (χ3v) is 11.0. The maximum absolute atomic E-state index is 13.6. The van der Waals surface area contributed by atoms with E-state index in [0.29, 0.717) is 67.6 Å². The molecule has 0 spiro atoms. The minimum Gasteiger partial charge on any atom is -0.460 e. The van der Waals surface area contributed by atoms with Gasteiger partial charge in [-0.2, -0.15) is 0 Å². The Morgan fingerprint density at radius 3 is 2.24 bits per heavy atom. The molecule has 1 aromatic carbocycles. The van der Waals surface area contributed by atoms with Crippen LogP contribution in [0.15, 0.2) is 48.0 Å². The molecular weight excluding hydrogens is 929 g/mol. The second kappa shape index (κ2) is 29.4. The Hall–Kier alpha value is -6.64. The highest BCUT2D eigenvalue weighted by molar-refractivity contribution is 7.90. The second-order valence-electron chi connectivity index (χ2n) is 17.8. The number of sulfone groups is 1. The normalized spacial score (nSPS) is 12.2. The molecule has 2 heterocycles. The largest absolute Gasteiger partial charge is 0.460 e. The van der Waals surface area contributed by atoms with E-state index in [9.17, 15) is 42.0 Å². The Bertz CT molecular complexity index is 2390. The van der Waals surface area contributed by atoms with Crippen molar-refractivity contribution >= 4 is 56.8 Å². The summed E-state index contributed by atoms with van der Waals surface area (Å²) in [4.78, 5) is 95.5. The van der Waals surface area contributed by atoms with E-state index in [1.807, 2.05) is 0 Å². The van der Waals surface area contributed by atoms with Gasteiger partial charge >= 0.3 is 12.0 Å². The average molecular weight is 995 g/mol. The predicted molar refractivity (Wildman–Crippen MR) is 255 cm³/mol. The first-order chi connectivity index (χ1) is 33.1. The van der Waals surface area contributed by atoms with Crippen molar-refractivity contribution in [3.63, 3.8) is 0 Å². The molecule has 382 valence electrons. The molecule has 0 aliphatic carbocycles. The molecule has 2 atom stereocenters. The molecule has 0 aliphatic heterocycles. The van der Waals surface area contributed by atoms with Gasteiger partial charge in [-0.05, 0) is 70.1 Å². The number of unbranched alkanes of at least 4 members (excludes halogenated alkanes) is 1. The highest BCUT2D eigenvalue weighted by atomic mass is 32.2. The van der Waals surface area contributed by atoms with Crippen LogP contribution in [0, 0.1) is 29.1 Å². The van der Waals surface area contributed by atoms with Gasteiger partial charge in [-0.15, -0.1) is 5.10 Å². The van der Waals surface area contributed by atoms with Gasteiger partial charge in [-0.1, -0.05) is 43.0 Å². The maximum atomic E-state index is 13.6. The lowest BCUT2D eigenvalue weighted by Crippen LogP contribution is -2.47. The van der Waals surface area contributed by atoms with Crippen LogP contribution in [0.2, 0.25) is 0 Å². The number of anilines is 1. The van der Waals surface area contributed by atoms with Gasteiger partial charge in [-0.25, -0.2) is 27.9 Å². The summed E-state index contributed by atoms with van der Waals surface area (Å²) in [5.74, 6) is 2.40. The Kier molecular flexibility index (Phi) is 24.2. The fraction of sp³-hybridized carbons (Fsp3) is 0.553. The Morgan fingerprint density at radius 1 is 0.886 bits per heavy atom. The molecule has 3 rings (SSSR count). The fourth-order valence-electron chi connectivity index (χ4n) is 6.26. The molecule has 0 aliphatic rings. The number of rotatable bonds is 30. The number of nitrogens with two attached hydrogens (primary N) is 1. The molecule has 70 heavy (non-hydrogen) atoms. The van der Waals surface area contributed by atoms with Crippen LogP contribution in [-0.2, 0) is 72.4 Å². The summed E-state index contributed by atoms with van der Waals surface area (Å²) in [6, 6.07) is 5.05. The van der Waals surface area contributed by atoms with Crippen molar-refractivity contribution < 1.29 is 56.2 Å². The van der Waals surface area contributed by atoms with Crippen LogP contribution in [0.25, 0.3) is 0 Å². The van der Waals surface area contributed by atoms with Crippen molar-refractivity contribution in [2.24, 2.45) is 23.0 Å². The number of hydrogen-bond donors (Lipinski definition) is 5. The quantitative estimate of drug-likeness (QED) is 0.0277. The van der Waals surface area contributed by atoms with Crippen LogP contribution < -0.4 is 27.0 Å². The number of urea groups is 1. The maximum Gasteiger partial charge on any atom is 0.312 e. The van der Waals surface area contributed by atoms with Crippen LogP contribution in [-0.4, -0.2) is 126 Å². The van der Waals surface area contributed by atoms with Gasteiger partial charge in [-0.3, -0.25) is 28.8 Å². The van der Waals surface area contributed by atoms with E-state index in [2.05, 4.69) is 53.4 Å². The summed E-state index contributed by atoms with van der Waals surface area (Å²) >= 11 is 0. The molecule has 22 nitrogen and oxygen atoms in total. The Balaban J connectivity index is 1.32. The van der Waals surface area contributed by atoms with Gasteiger partial charge < -0.3 is 41.2 Å². The smallest absolute Gasteiger partial charge is 0.312 e. The molecule has 5 amide bonds. The van der Waals surface area contributed by atoms with Gasteiger partial charge in [0.05, 0.1) is 42.5 Å². The number of amides is 5. The molecule has 0 saturated carbocycles. The van der Waals surface area contributed by atoms with Crippen molar-refractivity contribution in [3.8, 4) is 11.8 Å². The van der Waals surface area contributed by atoms with E-state index < -0.39 is 64.2 Å². The van der Waals surface area contributed by atoms with Crippen molar-refractivity contribution in [1.82, 2.24) is 40.9 Å². The topological polar surface area (TPSA) is 312 Å². The number of benzene rings is 1. The van der Waals surface area contributed by atoms with Crippen LogP contribution in [0.1, 0.15) is 96.4 Å². The number of nitrogens with zero attached hydrogens (tertiary/aromatic N) is 5. The standard InChI is InChI=1S/C47H66N10O12S/c1-32(2)42(39(59)25-35(12-10-20-50-45(48)64)43(62)53-36-16-14-33(15-17-36)29-69-44(63)47(3,4)5)54-41(61)31-68-30-40(60)49-21-23-67-24-22-57-28-37(55-56-57)18-19-38(58)13-9-7-8-11-34-26-51-46(52-27-34)70(6,65)66/h14-17,26-28,32,35,42H,7,9-10,12-13,18-25,29-31H2,1-6H3,(H,49,60)(H,53,62)(H,54,61)(H3,48,50,64)/t35-,42+/m1/s1. The van der Waals surface area contributed by atoms with Gasteiger partial charge in [0, 0.05) is 75.2 Å². The van der Waals surface area contributed by atoms with Crippen LogP contribution >= 0.6 is 0 Å². The Labute approximate surface area is 408 Å². The first-order valence-electron chi connectivity index (χ1n) is 22.9. The number of esters is 1. The zero-order valence-corrected chi connectivity index (χ0v) is 41.5. The van der Waals surface area contributed by atoms with E-state index in [1.54, 1.807) is 69.8 Å². The zero-order chi connectivity index (χ0) is 51.7. The lowest BCUT2D eigenvalue weighted by Gasteiger charge is -2.24. The summed E-state index contributed by atoms with van der Waals surface area (Å²) in [6.07, 6.45) is 7.95. The molecule has 0 fully saturated rings. The predicted octanol–water partition coefficient (Wildman–Crippen LogP) is 2.24. The lowest BCUT2D eigenvalue weighted by atomic mass is 9.89. The summed E-state index contributed by atoms with van der Waals surface area (Å²) in [5, 5.41) is 18.5. The number of ether oxygens (including phenoxy) is 3. The molecule has 3 aromatic rings. The van der Waals surface area contributed by atoms with E-state index in [-0.39, 0.29) is 74.4 Å². The van der Waals surface area contributed by atoms with Gasteiger partial charge in [0.25, 0.3) is 0 Å². The van der Waals surface area contributed by atoms with Crippen LogP contribution in [0.5, 0.6) is 0 Å². The minimum atomic E-state index is -3.48. The van der Waals surface area contributed by atoms with Crippen LogP contribution in [0.4, 0.5) is 10.5 Å². The molecule has 0 radical (unpaired) electrons. The second-order valence-corrected chi connectivity index (χ2v) is 19.7. The zero-order valence-electron chi connectivity index (χ0n) is 40.7. The number of carbonyl (C=O) groups excluding carboxylic acids is 7. The first-order valence-corrected chi connectivity index (χ1v) is 24.8. The van der Waals surface area contributed by atoms with Gasteiger partial charge in [0.2, 0.25) is 32.7 Å². The average Bonchev–Trinajstić information content (AvgIpc) is 3.76. The van der Waals surface area contributed by atoms with E-state index >= 15 is 0 Å². The number of Topliss-reactive ketones (excluding diaryl/α,β-unsaturated/α-hetero) is 2. The third kappa shape index (κ3) is 23.1. The summed E-state index contributed by atoms with van der Waals surface area (Å²) in [7, 11) is -3.48. The number of aryl methyl sites for hydroxylation is 1. The lowest BCUT2D eigenvalue weighted by molar-refractivity contribution is -0.154. The van der Waals surface area contributed by atoms with Crippen molar-refractivity contribution in [1.29, 1.82) is 0 Å². The van der Waals surface area contributed by atoms with Crippen LogP contribution in [0.3, 0.4) is 0 Å². The van der Waals surface area contributed by atoms with E-state index in [1.165, 1.54) is 12.4 Å². The van der Waals surface area contributed by atoms with Crippen molar-refractivity contribution in [3.05, 3.63) is 59.7 Å². The monoisotopic (exact) mass is 994 g/mol. The Morgan fingerprint density at radius 2 is 1.59 bits per heavy atom. The highest BCUT2D eigenvalue weighted by Gasteiger charge is 2.30. The summed E-state index contributed by atoms with van der Waals surface area (Å²) < 4.78 is 40.7. The summed E-state index contributed by atoms with van der Waals surface area (Å²) in [5.41, 5.74) is 6.85. The first kappa shape index (κ1) is 57.7. The molecule has 2 aromatic heterocycles. The summed E-state index contributed by atoms with van der Waals surface area (Å²) in [6.45, 7) is 9.14. The fourth-order valence-corrected chi connectivity index (χ4v) is 6.75. The molecule has 0 bridgehead atoms. The number of aromatic nitrogens is 5. The number of carbonyl (C=O) groups is 7. The number of hydrogen-bond acceptors (Lipinski definition) is 16. The van der Waals surface area contributed by atoms with Crippen molar-refractivity contribution in [2.45, 2.75) is 110 Å². The molecule has 0 saturated heterocycles. The van der Waals surface area contributed by atoms with E-state index in [4.69, 9.17) is 19.9 Å². The number of ketones is 2. The molecular formula is C47H66N10O12S. The SMILES string of the molecule is CC(C)[C@H](NC(=O)COCC(=O)NCCOCCn1cc(CCC(=O)CCCC#Cc2cnc(S(C)(=O)=O)nc2)nn1)C(=O)C[C@@H](CCCNC(N)=O)C(=O)Nc1ccc(COC(=O)C(C)(C)C)cc1. The van der Waals surface area contributed by atoms with E-state index in [0.717, 1.165) is 6.26 Å². The molecule has 23 heteroatoms. The van der Waals surface area contributed by atoms with Crippen molar-refractivity contribution in [2.75, 3.05) is 51.1 Å². The molecule has 6 N–H and O–H groups in total. The number of primary amides is 1. The minimum absolute atomic E-state index is 0.0630. The van der Waals surface area contributed by atoms with Gasteiger partial charge in [0.1, 0.15) is 25.6 Å². The molecule has 0 unspecified atom stereocenters. The van der Waals surface area contributed by atoms with Gasteiger partial charge in [0.15, 0.2) is 5.78 Å². The highest BCUT2D eigenvalue weighted by Crippen LogP contribution is 2.21. The third-order valence-electron chi connectivity index (χ3n) is 10.1. The number of nitrogens with one attached hydrogen (secondary N) is 4.